The lowest BCUT2D eigenvalue weighted by atomic mass is 10.0. The van der Waals surface area contributed by atoms with Crippen LogP contribution < -0.4 is 5.32 Å². The molecule has 2 rings (SSSR count). The first kappa shape index (κ1) is 12.6. The molecule has 92 valence electrons. The molecule has 1 aromatic carbocycles. The van der Waals surface area contributed by atoms with Crippen LogP contribution in [0, 0.1) is 5.92 Å². The molecule has 0 aromatic heterocycles. The van der Waals surface area contributed by atoms with Crippen molar-refractivity contribution in [2.75, 3.05) is 0 Å². The van der Waals surface area contributed by atoms with Crippen LogP contribution in [-0.2, 0) is 4.79 Å². The van der Waals surface area contributed by atoms with Crippen LogP contribution in [0.5, 0.6) is 0 Å². The Morgan fingerprint density at radius 1 is 1.35 bits per heavy atom. The number of carbonyl (C=O) groups excluding carboxylic acids is 1. The van der Waals surface area contributed by atoms with Crippen molar-refractivity contribution in [3.63, 3.8) is 0 Å². The number of nitrogens with one attached hydrogen (secondary N) is 1. The van der Waals surface area contributed by atoms with E-state index in [-0.39, 0.29) is 11.9 Å². The Morgan fingerprint density at radius 3 is 2.41 bits per heavy atom. The molecule has 17 heavy (non-hydrogen) atoms. The number of hydrogen-bond donors (Lipinski definition) is 1. The van der Waals surface area contributed by atoms with Gasteiger partial charge in [-0.2, -0.15) is 0 Å². The Kier molecular flexibility index (Phi) is 3.57. The second kappa shape index (κ2) is 4.81. The Hall–Kier alpha value is -0.830. The van der Waals surface area contributed by atoms with Crippen molar-refractivity contribution in [1.82, 2.24) is 5.32 Å². The zero-order valence-corrected chi connectivity index (χ0v) is 11.8. The molecule has 0 radical (unpaired) electrons. The van der Waals surface area contributed by atoms with E-state index in [2.05, 4.69) is 33.4 Å². The van der Waals surface area contributed by atoms with Crippen LogP contribution in [0.15, 0.2) is 30.3 Å². The van der Waals surface area contributed by atoms with E-state index >= 15 is 0 Å². The maximum atomic E-state index is 12.0. The number of carbonyl (C=O) groups is 1. The van der Waals surface area contributed by atoms with Gasteiger partial charge in [0.05, 0.1) is 10.4 Å². The minimum absolute atomic E-state index is 0.0539. The largest absolute Gasteiger partial charge is 0.348 e. The quantitative estimate of drug-likeness (QED) is 0.847. The Morgan fingerprint density at radius 2 is 1.94 bits per heavy atom. The van der Waals surface area contributed by atoms with Crippen LogP contribution >= 0.6 is 15.9 Å². The van der Waals surface area contributed by atoms with E-state index < -0.39 is 4.32 Å². The maximum absolute atomic E-state index is 12.0. The second-order valence-electron chi connectivity index (χ2n) is 5.17. The summed E-state index contributed by atoms with van der Waals surface area (Å²) in [5.74, 6) is 0.662. The lowest BCUT2D eigenvalue weighted by molar-refractivity contribution is -0.123. The third-order valence-corrected chi connectivity index (χ3v) is 3.44. The maximum Gasteiger partial charge on any atom is 0.236 e. The molecule has 1 saturated carbocycles. The van der Waals surface area contributed by atoms with Gasteiger partial charge in [0.15, 0.2) is 0 Å². The highest BCUT2D eigenvalue weighted by Crippen LogP contribution is 2.41. The van der Waals surface area contributed by atoms with Gasteiger partial charge < -0.3 is 5.32 Å². The first-order valence-electron chi connectivity index (χ1n) is 6.03. The average molecular weight is 296 g/mol. The van der Waals surface area contributed by atoms with Gasteiger partial charge in [0.1, 0.15) is 0 Å². The van der Waals surface area contributed by atoms with E-state index in [4.69, 9.17) is 0 Å². The molecule has 1 N–H and O–H groups in total. The molecule has 1 aliphatic rings. The summed E-state index contributed by atoms with van der Waals surface area (Å²) in [7, 11) is 0. The van der Waals surface area contributed by atoms with Gasteiger partial charge in [0.25, 0.3) is 0 Å². The van der Waals surface area contributed by atoms with E-state index in [0.29, 0.717) is 5.92 Å². The van der Waals surface area contributed by atoms with Gasteiger partial charge in [-0.05, 0) is 38.2 Å². The topological polar surface area (TPSA) is 29.1 Å². The SMILES string of the molecule is CC(C)(Br)C(=O)NC(c1ccccc1)C1CC1. The number of hydrogen-bond acceptors (Lipinski definition) is 1. The van der Waals surface area contributed by atoms with Crippen molar-refractivity contribution in [2.45, 2.75) is 37.1 Å². The lowest BCUT2D eigenvalue weighted by Crippen LogP contribution is -2.40. The Balaban J connectivity index is 2.12. The predicted octanol–water partition coefficient (Wildman–Crippen LogP) is 3.43. The van der Waals surface area contributed by atoms with E-state index in [1.54, 1.807) is 0 Å². The van der Waals surface area contributed by atoms with Crippen molar-refractivity contribution in [2.24, 2.45) is 5.92 Å². The highest BCUT2D eigenvalue weighted by atomic mass is 79.9. The first-order chi connectivity index (χ1) is 7.98. The molecule has 0 bridgehead atoms. The molecule has 3 heteroatoms. The summed E-state index contributed by atoms with van der Waals surface area (Å²) in [5.41, 5.74) is 1.21. The van der Waals surface area contributed by atoms with E-state index in [1.165, 1.54) is 18.4 Å². The van der Waals surface area contributed by atoms with Crippen molar-refractivity contribution in [3.8, 4) is 0 Å². The average Bonchev–Trinajstić information content (AvgIpc) is 3.09. The molecule has 0 spiro atoms. The van der Waals surface area contributed by atoms with Gasteiger partial charge in [-0.25, -0.2) is 0 Å². The van der Waals surface area contributed by atoms with Gasteiger partial charge in [0.2, 0.25) is 5.91 Å². The summed E-state index contributed by atoms with van der Waals surface area (Å²) in [5, 5.41) is 3.15. The van der Waals surface area contributed by atoms with E-state index in [9.17, 15) is 4.79 Å². The Bertz CT molecular complexity index is 392. The lowest BCUT2D eigenvalue weighted by Gasteiger charge is -2.23. The highest BCUT2D eigenvalue weighted by Gasteiger charge is 2.35. The molecular formula is C14H18BrNO. The van der Waals surface area contributed by atoms with Crippen molar-refractivity contribution < 1.29 is 4.79 Å². The fourth-order valence-electron chi connectivity index (χ4n) is 1.88. The predicted molar refractivity (Wildman–Crippen MR) is 73.1 cm³/mol. The second-order valence-corrected chi connectivity index (χ2v) is 7.15. The summed E-state index contributed by atoms with van der Waals surface area (Å²) in [6.45, 7) is 3.74. The fraction of sp³-hybridized carbons (Fsp3) is 0.500. The van der Waals surface area contributed by atoms with Crippen LogP contribution in [0.4, 0.5) is 0 Å². The Labute approximate surface area is 111 Å². The number of benzene rings is 1. The van der Waals surface area contributed by atoms with Crippen LogP contribution in [0.1, 0.15) is 38.3 Å². The summed E-state index contributed by atoms with van der Waals surface area (Å²) in [4.78, 5) is 12.0. The highest BCUT2D eigenvalue weighted by molar-refractivity contribution is 9.10. The molecule has 2 nitrogen and oxygen atoms in total. The van der Waals surface area contributed by atoms with Crippen molar-refractivity contribution in [1.29, 1.82) is 0 Å². The van der Waals surface area contributed by atoms with Gasteiger partial charge in [-0.1, -0.05) is 46.3 Å². The number of amides is 1. The van der Waals surface area contributed by atoms with E-state index in [0.717, 1.165) is 0 Å². The summed E-state index contributed by atoms with van der Waals surface area (Å²) in [6.07, 6.45) is 2.42. The third kappa shape index (κ3) is 3.32. The normalized spacial score (nSPS) is 17.6. The van der Waals surface area contributed by atoms with Gasteiger partial charge in [-0.15, -0.1) is 0 Å². The molecule has 1 aromatic rings. The smallest absolute Gasteiger partial charge is 0.236 e. The summed E-state index contributed by atoms with van der Waals surface area (Å²) < 4.78 is -0.505. The molecule has 1 amide bonds. The van der Waals surface area contributed by atoms with Gasteiger partial charge in [0, 0.05) is 0 Å². The van der Waals surface area contributed by atoms with Crippen molar-refractivity contribution >= 4 is 21.8 Å². The molecule has 0 aliphatic heterocycles. The standard InChI is InChI=1S/C14H18BrNO/c1-14(2,15)13(17)16-12(11-8-9-11)10-6-4-3-5-7-10/h3-7,11-12H,8-9H2,1-2H3,(H,16,17). The van der Waals surface area contributed by atoms with E-state index in [1.807, 2.05) is 32.0 Å². The van der Waals surface area contributed by atoms with Crippen molar-refractivity contribution in [3.05, 3.63) is 35.9 Å². The minimum atomic E-state index is -0.505. The van der Waals surface area contributed by atoms with Crippen LogP contribution in [0.25, 0.3) is 0 Å². The van der Waals surface area contributed by atoms with Crippen LogP contribution in [0.3, 0.4) is 0 Å². The number of rotatable bonds is 4. The monoisotopic (exact) mass is 295 g/mol. The molecule has 1 aliphatic carbocycles. The molecular weight excluding hydrogens is 278 g/mol. The molecule has 1 atom stereocenters. The zero-order chi connectivity index (χ0) is 12.5. The number of alkyl halides is 1. The van der Waals surface area contributed by atoms with Crippen LogP contribution in [0.2, 0.25) is 0 Å². The minimum Gasteiger partial charge on any atom is -0.348 e. The number of halogens is 1. The molecule has 0 heterocycles. The van der Waals surface area contributed by atoms with Gasteiger partial charge in [-0.3, -0.25) is 4.79 Å². The van der Waals surface area contributed by atoms with Gasteiger partial charge >= 0.3 is 0 Å². The fourth-order valence-corrected chi connectivity index (χ4v) is 1.99. The van der Waals surface area contributed by atoms with Crippen LogP contribution in [-0.4, -0.2) is 10.2 Å². The third-order valence-electron chi connectivity index (χ3n) is 3.08. The molecule has 1 fully saturated rings. The summed E-state index contributed by atoms with van der Waals surface area (Å²) in [6, 6.07) is 10.4. The first-order valence-corrected chi connectivity index (χ1v) is 6.82. The molecule has 1 unspecified atom stereocenters. The zero-order valence-electron chi connectivity index (χ0n) is 10.2. The molecule has 0 saturated heterocycles. The summed E-state index contributed by atoms with van der Waals surface area (Å²) >= 11 is 3.40.